The first-order chi connectivity index (χ1) is 9.50. The van der Waals surface area contributed by atoms with E-state index in [1.54, 1.807) is 0 Å². The van der Waals surface area contributed by atoms with Gasteiger partial charge in [0.25, 0.3) is 5.91 Å². The maximum atomic E-state index is 12.7. The maximum Gasteiger partial charge on any atom is 0.264 e. The van der Waals surface area contributed by atoms with Crippen LogP contribution in [0.25, 0.3) is 0 Å². The topological polar surface area (TPSA) is 29.1 Å². The van der Waals surface area contributed by atoms with Gasteiger partial charge in [0.2, 0.25) is 0 Å². The standard InChI is InChI=1S/C17H26NOP.Y/c1-5-20(11-6-7-12-20)15(4)17(19)18-16-13(2)9-8-10-14(16)3;/h8-10,15H,5-7,11-12H2,1-4H3;/p+1. The van der Waals surface area contributed by atoms with Crippen LogP contribution in [-0.2, 0) is 37.5 Å². The summed E-state index contributed by atoms with van der Waals surface area (Å²) in [6, 6.07) is 6.17. The Morgan fingerprint density at radius 1 is 1.24 bits per heavy atom. The summed E-state index contributed by atoms with van der Waals surface area (Å²) in [5, 5.41) is 3.20. The molecule has 1 aliphatic heterocycles. The van der Waals surface area contributed by atoms with Crippen molar-refractivity contribution in [1.82, 2.24) is 0 Å². The molecular formula is C17H27NOPY+. The van der Waals surface area contributed by atoms with E-state index in [1.165, 1.54) is 31.3 Å². The summed E-state index contributed by atoms with van der Waals surface area (Å²) in [7, 11) is -1.05. The van der Waals surface area contributed by atoms with Gasteiger partial charge in [0, 0.05) is 45.7 Å². The number of amides is 1. The minimum atomic E-state index is -1.05. The summed E-state index contributed by atoms with van der Waals surface area (Å²) < 4.78 is 0. The molecule has 1 fully saturated rings. The zero-order valence-corrected chi connectivity index (χ0v) is 17.5. The first kappa shape index (κ1) is 19.3. The van der Waals surface area contributed by atoms with E-state index in [0.29, 0.717) is 0 Å². The van der Waals surface area contributed by atoms with Gasteiger partial charge in [-0.2, -0.15) is 0 Å². The van der Waals surface area contributed by atoms with E-state index in [4.69, 9.17) is 0 Å². The van der Waals surface area contributed by atoms with Crippen LogP contribution in [0.1, 0.15) is 37.8 Å². The van der Waals surface area contributed by atoms with Crippen molar-refractivity contribution in [2.45, 2.75) is 46.2 Å². The minimum absolute atomic E-state index is 0. The van der Waals surface area contributed by atoms with Crippen LogP contribution < -0.4 is 5.32 Å². The molecule has 4 heteroatoms. The Bertz CT molecular complexity index is 477. The zero-order chi connectivity index (χ0) is 14.8. The monoisotopic (exact) mass is 381 g/mol. The molecule has 0 bridgehead atoms. The second-order valence-electron chi connectivity index (χ2n) is 6.12. The summed E-state index contributed by atoms with van der Waals surface area (Å²) in [5.41, 5.74) is 3.52. The third-order valence-electron chi connectivity index (χ3n) is 5.02. The fourth-order valence-corrected chi connectivity index (χ4v) is 7.88. The number of benzene rings is 1. The molecule has 1 N–H and O–H groups in total. The molecule has 1 heterocycles. The molecule has 21 heavy (non-hydrogen) atoms. The molecule has 0 saturated carbocycles. The zero-order valence-electron chi connectivity index (χ0n) is 13.8. The van der Waals surface area contributed by atoms with Crippen molar-refractivity contribution < 1.29 is 37.5 Å². The van der Waals surface area contributed by atoms with Crippen LogP contribution in [0.5, 0.6) is 0 Å². The first-order valence-corrected chi connectivity index (χ1v) is 10.1. The van der Waals surface area contributed by atoms with Crippen LogP contribution in [0.2, 0.25) is 0 Å². The van der Waals surface area contributed by atoms with Crippen LogP contribution in [0.3, 0.4) is 0 Å². The van der Waals surface area contributed by atoms with Crippen molar-refractivity contribution in [2.75, 3.05) is 23.8 Å². The molecule has 0 aromatic heterocycles. The van der Waals surface area contributed by atoms with E-state index < -0.39 is 7.26 Å². The van der Waals surface area contributed by atoms with Crippen LogP contribution in [0.4, 0.5) is 5.69 Å². The summed E-state index contributed by atoms with van der Waals surface area (Å²) >= 11 is 0. The average molecular weight is 381 g/mol. The molecule has 2 nitrogen and oxygen atoms in total. The molecule has 1 saturated heterocycles. The summed E-state index contributed by atoms with van der Waals surface area (Å²) in [6.45, 7) is 8.56. The number of para-hydroxylation sites is 1. The van der Waals surface area contributed by atoms with Crippen LogP contribution in [0, 0.1) is 13.8 Å². The van der Waals surface area contributed by atoms with Crippen molar-refractivity contribution >= 4 is 18.9 Å². The number of carbonyl (C=O) groups excluding carboxylic acids is 1. The van der Waals surface area contributed by atoms with Gasteiger partial charge in [-0.25, -0.2) is 0 Å². The number of rotatable bonds is 4. The molecule has 1 aromatic rings. The molecule has 1 amide bonds. The molecule has 1 atom stereocenters. The molecule has 1 aromatic carbocycles. The second kappa shape index (κ2) is 8.18. The number of hydrogen-bond acceptors (Lipinski definition) is 1. The third kappa shape index (κ3) is 4.15. The fourth-order valence-electron chi connectivity index (χ4n) is 3.43. The van der Waals surface area contributed by atoms with Gasteiger partial charge in [0.15, 0.2) is 0 Å². The molecule has 113 valence electrons. The average Bonchev–Trinajstić information content (AvgIpc) is 2.92. The Hall–Kier alpha value is 0.224. The van der Waals surface area contributed by atoms with Crippen LogP contribution in [-0.4, -0.2) is 30.1 Å². The SMILES string of the molecule is CC[P+]1(C(C)C(=O)Nc2c(C)cccc2C)CCCC1.[Y]. The molecular weight excluding hydrogens is 354 g/mol. The van der Waals surface area contributed by atoms with Gasteiger partial charge in [0.05, 0.1) is 18.5 Å². The Kier molecular flexibility index (Phi) is 7.51. The van der Waals surface area contributed by atoms with Crippen molar-refractivity contribution in [2.24, 2.45) is 0 Å². The van der Waals surface area contributed by atoms with Gasteiger partial charge >= 0.3 is 0 Å². The van der Waals surface area contributed by atoms with Gasteiger partial charge in [-0.05, 0) is 51.7 Å². The van der Waals surface area contributed by atoms with E-state index in [2.05, 4.69) is 45.1 Å². The minimum Gasteiger partial charge on any atom is -0.322 e. The van der Waals surface area contributed by atoms with Gasteiger partial charge in [0.1, 0.15) is 5.66 Å². The summed E-state index contributed by atoms with van der Waals surface area (Å²) in [5.74, 6) is 0.236. The van der Waals surface area contributed by atoms with Crippen LogP contribution in [0.15, 0.2) is 18.2 Å². The van der Waals surface area contributed by atoms with E-state index in [-0.39, 0.29) is 44.3 Å². The summed E-state index contributed by atoms with van der Waals surface area (Å²) in [4.78, 5) is 12.7. The fraction of sp³-hybridized carbons (Fsp3) is 0.588. The molecule has 1 unspecified atom stereocenters. The Labute approximate surface area is 155 Å². The van der Waals surface area contributed by atoms with Gasteiger partial charge in [-0.15, -0.1) is 0 Å². The molecule has 1 aliphatic rings. The van der Waals surface area contributed by atoms with Crippen molar-refractivity contribution in [3.63, 3.8) is 0 Å². The summed E-state index contributed by atoms with van der Waals surface area (Å²) in [6.07, 6.45) is 6.48. The Balaban J connectivity index is 0.00000220. The predicted octanol–water partition coefficient (Wildman–Crippen LogP) is 4.46. The van der Waals surface area contributed by atoms with Crippen LogP contribution >= 0.6 is 7.26 Å². The largest absolute Gasteiger partial charge is 0.322 e. The quantitative estimate of drug-likeness (QED) is 0.767. The van der Waals surface area contributed by atoms with Crippen molar-refractivity contribution in [3.05, 3.63) is 29.3 Å². The van der Waals surface area contributed by atoms with E-state index in [1.807, 2.05) is 6.07 Å². The smallest absolute Gasteiger partial charge is 0.264 e. The number of carbonyl (C=O) groups is 1. The molecule has 2 rings (SSSR count). The number of aryl methyl sites for hydroxylation is 2. The van der Waals surface area contributed by atoms with Crippen molar-refractivity contribution in [1.29, 1.82) is 0 Å². The maximum absolute atomic E-state index is 12.7. The molecule has 0 spiro atoms. The first-order valence-electron chi connectivity index (χ1n) is 7.73. The van der Waals surface area contributed by atoms with Gasteiger partial charge in [-0.1, -0.05) is 18.2 Å². The Morgan fingerprint density at radius 3 is 2.24 bits per heavy atom. The third-order valence-corrected chi connectivity index (χ3v) is 10.6. The molecule has 1 radical (unpaired) electrons. The van der Waals surface area contributed by atoms with E-state index in [9.17, 15) is 4.79 Å². The van der Waals surface area contributed by atoms with Gasteiger partial charge < -0.3 is 5.32 Å². The van der Waals surface area contributed by atoms with Crippen molar-refractivity contribution in [3.8, 4) is 0 Å². The molecule has 0 aliphatic carbocycles. The number of anilines is 1. The van der Waals surface area contributed by atoms with E-state index >= 15 is 0 Å². The Morgan fingerprint density at radius 2 is 1.76 bits per heavy atom. The normalized spacial score (nSPS) is 17.9. The number of nitrogens with one attached hydrogen (secondary N) is 1. The predicted molar refractivity (Wildman–Crippen MR) is 90.4 cm³/mol. The second-order valence-corrected chi connectivity index (χ2v) is 10.9. The number of hydrogen-bond donors (Lipinski definition) is 1. The van der Waals surface area contributed by atoms with E-state index in [0.717, 1.165) is 16.8 Å². The van der Waals surface area contributed by atoms with Gasteiger partial charge in [-0.3, -0.25) is 4.79 Å².